The van der Waals surface area contributed by atoms with Crippen LogP contribution in [0.25, 0.3) is 0 Å². The fourth-order valence-electron chi connectivity index (χ4n) is 2.66. The van der Waals surface area contributed by atoms with Gasteiger partial charge < -0.3 is 9.84 Å². The van der Waals surface area contributed by atoms with Crippen LogP contribution in [0.5, 0.6) is 0 Å². The maximum Gasteiger partial charge on any atom is 0.308 e. The molecule has 0 aliphatic rings. The number of unbranched alkanes of at least 4 members (excludes halogenated alkanes) is 6. The van der Waals surface area contributed by atoms with E-state index in [1.807, 2.05) is 6.92 Å². The van der Waals surface area contributed by atoms with Crippen LogP contribution in [-0.4, -0.2) is 23.8 Å². The zero-order valence-corrected chi connectivity index (χ0v) is 15.1. The Morgan fingerprint density at radius 3 is 2.09 bits per heavy atom. The Kier molecular flexibility index (Phi) is 14.9. The lowest BCUT2D eigenvalue weighted by Gasteiger charge is -2.15. The summed E-state index contributed by atoms with van der Waals surface area (Å²) < 4.78 is 5.46. The van der Waals surface area contributed by atoms with Gasteiger partial charge in [0.2, 0.25) is 0 Å². The van der Waals surface area contributed by atoms with Gasteiger partial charge in [-0.1, -0.05) is 58.8 Å². The van der Waals surface area contributed by atoms with Gasteiger partial charge >= 0.3 is 5.97 Å². The average Bonchev–Trinajstić information content (AvgIpc) is 2.49. The number of carbonyl (C=O) groups is 1. The molecule has 3 nitrogen and oxygen atoms in total. The highest BCUT2D eigenvalue weighted by Crippen LogP contribution is 2.19. The van der Waals surface area contributed by atoms with E-state index >= 15 is 0 Å². The molecular weight excluding hydrogens is 276 g/mol. The lowest BCUT2D eigenvalue weighted by molar-refractivity contribution is -0.149. The molecule has 0 radical (unpaired) electrons. The summed E-state index contributed by atoms with van der Waals surface area (Å²) in [6, 6.07) is 0. The fourth-order valence-corrected chi connectivity index (χ4v) is 2.66. The number of aliphatic hydroxyl groups excluding tert-OH is 1. The third kappa shape index (κ3) is 13.1. The predicted molar refractivity (Wildman–Crippen MR) is 92.9 cm³/mol. The average molecular weight is 315 g/mol. The number of esters is 1. The number of ether oxygens (including phenoxy) is 1. The van der Waals surface area contributed by atoms with Gasteiger partial charge in [0.1, 0.15) is 0 Å². The van der Waals surface area contributed by atoms with Gasteiger partial charge in [0, 0.05) is 0 Å². The van der Waals surface area contributed by atoms with Gasteiger partial charge in [-0.15, -0.1) is 0 Å². The van der Waals surface area contributed by atoms with Crippen LogP contribution in [0.15, 0.2) is 0 Å². The van der Waals surface area contributed by atoms with Crippen LogP contribution >= 0.6 is 0 Å². The second kappa shape index (κ2) is 15.3. The molecule has 0 aliphatic heterocycles. The van der Waals surface area contributed by atoms with Crippen molar-refractivity contribution in [1.29, 1.82) is 0 Å². The minimum atomic E-state index is -0.218. The first-order chi connectivity index (χ1) is 10.6. The minimum Gasteiger partial charge on any atom is -0.465 e. The SMILES string of the molecule is CCCCCCC(CCCC)C(=O)OCCCCCC(C)O. The van der Waals surface area contributed by atoms with E-state index in [1.54, 1.807) is 0 Å². The largest absolute Gasteiger partial charge is 0.465 e. The molecule has 2 unspecified atom stereocenters. The van der Waals surface area contributed by atoms with Crippen molar-refractivity contribution in [2.75, 3.05) is 6.61 Å². The van der Waals surface area contributed by atoms with Crippen LogP contribution in [-0.2, 0) is 9.53 Å². The molecule has 0 heterocycles. The van der Waals surface area contributed by atoms with Gasteiger partial charge in [0.15, 0.2) is 0 Å². The van der Waals surface area contributed by atoms with Crippen LogP contribution in [0.4, 0.5) is 0 Å². The maximum absolute atomic E-state index is 12.2. The fraction of sp³-hybridized carbons (Fsp3) is 0.947. The summed E-state index contributed by atoms with van der Waals surface area (Å²) in [5, 5.41) is 9.19. The summed E-state index contributed by atoms with van der Waals surface area (Å²) >= 11 is 0. The van der Waals surface area contributed by atoms with E-state index in [0.717, 1.165) is 57.8 Å². The molecule has 0 spiro atoms. The zero-order chi connectivity index (χ0) is 16.6. The number of aliphatic hydroxyl groups is 1. The summed E-state index contributed by atoms with van der Waals surface area (Å²) in [6.45, 7) is 6.73. The molecule has 2 atom stereocenters. The molecule has 0 rings (SSSR count). The molecule has 0 aromatic carbocycles. The quantitative estimate of drug-likeness (QED) is 0.332. The highest BCUT2D eigenvalue weighted by molar-refractivity contribution is 5.72. The molecule has 0 fully saturated rings. The number of hydrogen-bond acceptors (Lipinski definition) is 3. The Morgan fingerprint density at radius 2 is 1.45 bits per heavy atom. The Hall–Kier alpha value is -0.570. The summed E-state index contributed by atoms with van der Waals surface area (Å²) in [5.74, 6) is 0.120. The third-order valence-corrected chi connectivity index (χ3v) is 4.16. The van der Waals surface area contributed by atoms with Crippen molar-refractivity contribution in [3.63, 3.8) is 0 Å². The van der Waals surface area contributed by atoms with E-state index in [1.165, 1.54) is 19.3 Å². The second-order valence-corrected chi connectivity index (χ2v) is 6.55. The molecule has 132 valence electrons. The van der Waals surface area contributed by atoms with Crippen LogP contribution in [0, 0.1) is 5.92 Å². The summed E-state index contributed by atoms with van der Waals surface area (Å²) in [7, 11) is 0. The van der Waals surface area contributed by atoms with Crippen molar-refractivity contribution < 1.29 is 14.6 Å². The van der Waals surface area contributed by atoms with Gasteiger partial charge in [-0.3, -0.25) is 4.79 Å². The molecule has 0 aliphatic carbocycles. The van der Waals surface area contributed by atoms with Gasteiger partial charge in [0.25, 0.3) is 0 Å². The van der Waals surface area contributed by atoms with Crippen LogP contribution in [0.3, 0.4) is 0 Å². The third-order valence-electron chi connectivity index (χ3n) is 4.16. The molecule has 3 heteroatoms. The van der Waals surface area contributed by atoms with E-state index in [0.29, 0.717) is 6.61 Å². The zero-order valence-electron chi connectivity index (χ0n) is 15.1. The van der Waals surface area contributed by atoms with Crippen molar-refractivity contribution in [2.24, 2.45) is 5.92 Å². The maximum atomic E-state index is 12.2. The Labute approximate surface area is 137 Å². The molecule has 0 aromatic rings. The van der Waals surface area contributed by atoms with Gasteiger partial charge in [-0.2, -0.15) is 0 Å². The van der Waals surface area contributed by atoms with Crippen molar-refractivity contribution in [3.8, 4) is 0 Å². The van der Waals surface area contributed by atoms with Gasteiger partial charge in [-0.25, -0.2) is 0 Å². The molecule has 0 amide bonds. The Bertz CT molecular complexity index is 251. The molecule has 0 saturated heterocycles. The van der Waals surface area contributed by atoms with Crippen molar-refractivity contribution in [3.05, 3.63) is 0 Å². The van der Waals surface area contributed by atoms with Crippen molar-refractivity contribution >= 4 is 5.97 Å². The highest BCUT2D eigenvalue weighted by Gasteiger charge is 2.18. The van der Waals surface area contributed by atoms with Crippen LogP contribution < -0.4 is 0 Å². The first-order valence-corrected chi connectivity index (χ1v) is 9.46. The van der Waals surface area contributed by atoms with E-state index in [4.69, 9.17) is 4.74 Å². The molecule has 0 bridgehead atoms. The topological polar surface area (TPSA) is 46.5 Å². The number of hydrogen-bond donors (Lipinski definition) is 1. The van der Waals surface area contributed by atoms with Gasteiger partial charge in [-0.05, 0) is 39.0 Å². The van der Waals surface area contributed by atoms with E-state index in [9.17, 15) is 9.90 Å². The van der Waals surface area contributed by atoms with Gasteiger partial charge in [0.05, 0.1) is 18.6 Å². The van der Waals surface area contributed by atoms with Crippen LogP contribution in [0.1, 0.15) is 97.8 Å². The highest BCUT2D eigenvalue weighted by atomic mass is 16.5. The first kappa shape index (κ1) is 21.4. The normalized spacial score (nSPS) is 13.8. The summed E-state index contributed by atoms with van der Waals surface area (Å²) in [4.78, 5) is 12.2. The first-order valence-electron chi connectivity index (χ1n) is 9.46. The van der Waals surface area contributed by atoms with E-state index in [-0.39, 0.29) is 18.0 Å². The molecular formula is C19H38O3. The molecule has 0 saturated carbocycles. The van der Waals surface area contributed by atoms with E-state index < -0.39 is 0 Å². The lowest BCUT2D eigenvalue weighted by atomic mass is 9.95. The standard InChI is InChI=1S/C19H38O3/c1-4-6-8-11-15-18(14-7-5-2)19(21)22-16-12-9-10-13-17(3)20/h17-18,20H,4-16H2,1-3H3. The van der Waals surface area contributed by atoms with Crippen LogP contribution in [0.2, 0.25) is 0 Å². The Morgan fingerprint density at radius 1 is 0.864 bits per heavy atom. The van der Waals surface area contributed by atoms with Crippen molar-refractivity contribution in [2.45, 2.75) is 104 Å². The molecule has 1 N–H and O–H groups in total. The molecule has 22 heavy (non-hydrogen) atoms. The predicted octanol–water partition coefficient (Wildman–Crippen LogP) is 5.25. The Balaban J connectivity index is 3.84. The smallest absolute Gasteiger partial charge is 0.308 e. The minimum absolute atomic E-state index is 0.0143. The molecule has 0 aromatic heterocycles. The van der Waals surface area contributed by atoms with E-state index in [2.05, 4.69) is 13.8 Å². The second-order valence-electron chi connectivity index (χ2n) is 6.55. The number of rotatable bonds is 15. The summed E-state index contributed by atoms with van der Waals surface area (Å²) in [5.41, 5.74) is 0. The summed E-state index contributed by atoms with van der Waals surface area (Å²) in [6.07, 6.45) is 12.6. The van der Waals surface area contributed by atoms with Crippen molar-refractivity contribution in [1.82, 2.24) is 0 Å². The number of carbonyl (C=O) groups excluding carboxylic acids is 1. The monoisotopic (exact) mass is 314 g/mol. The lowest BCUT2D eigenvalue weighted by Crippen LogP contribution is -2.18.